The summed E-state index contributed by atoms with van der Waals surface area (Å²) in [4.78, 5) is 4.42. The third kappa shape index (κ3) is 2.17. The van der Waals surface area contributed by atoms with Crippen molar-refractivity contribution in [3.05, 3.63) is 72.0 Å². The number of rotatable bonds is 2. The van der Waals surface area contributed by atoms with Gasteiger partial charge in [0.15, 0.2) is 5.82 Å². The minimum atomic E-state index is 0.592. The Kier molecular flexibility index (Phi) is 2.97. The van der Waals surface area contributed by atoms with Gasteiger partial charge in [-0.1, -0.05) is 53.7 Å². The second kappa shape index (κ2) is 5.11. The Hall–Kier alpha value is -2.94. The van der Waals surface area contributed by atoms with E-state index in [1.54, 1.807) is 0 Å². The number of fused-ring (bicyclic) bond motifs is 3. The van der Waals surface area contributed by atoms with E-state index in [9.17, 15) is 0 Å². The first-order valence-corrected chi connectivity index (χ1v) is 7.19. The average Bonchev–Trinajstić information content (AvgIpc) is 2.98. The van der Waals surface area contributed by atoms with E-state index >= 15 is 0 Å². The van der Waals surface area contributed by atoms with E-state index in [1.807, 2.05) is 19.2 Å². The van der Waals surface area contributed by atoms with Crippen LogP contribution in [0.1, 0.15) is 11.3 Å². The number of benzene rings is 3. The van der Waals surface area contributed by atoms with Gasteiger partial charge in [0.1, 0.15) is 5.76 Å². The van der Waals surface area contributed by atoms with E-state index in [-0.39, 0.29) is 0 Å². The van der Waals surface area contributed by atoms with Crippen LogP contribution >= 0.6 is 0 Å². The molecule has 0 saturated carbocycles. The molecule has 3 heteroatoms. The molecule has 22 heavy (non-hydrogen) atoms. The molecule has 0 aliphatic carbocycles. The maximum absolute atomic E-state index is 5.05. The highest BCUT2D eigenvalue weighted by Crippen LogP contribution is 2.28. The SMILES string of the molecule is Cc1cc(N=Cc2cc3ccccc3c3ccccc23)no1. The van der Waals surface area contributed by atoms with Crippen molar-refractivity contribution in [2.75, 3.05) is 0 Å². The summed E-state index contributed by atoms with van der Waals surface area (Å²) in [7, 11) is 0. The zero-order chi connectivity index (χ0) is 14.9. The quantitative estimate of drug-likeness (QED) is 0.382. The molecule has 4 rings (SSSR count). The van der Waals surface area contributed by atoms with Gasteiger partial charge in [0.25, 0.3) is 0 Å². The largest absolute Gasteiger partial charge is 0.359 e. The normalized spacial score (nSPS) is 11.7. The first-order chi connectivity index (χ1) is 10.8. The van der Waals surface area contributed by atoms with Gasteiger partial charge in [0.05, 0.1) is 0 Å². The van der Waals surface area contributed by atoms with Gasteiger partial charge in [0, 0.05) is 17.8 Å². The van der Waals surface area contributed by atoms with Crippen molar-refractivity contribution in [2.45, 2.75) is 6.92 Å². The summed E-state index contributed by atoms with van der Waals surface area (Å²) in [6, 6.07) is 20.8. The summed E-state index contributed by atoms with van der Waals surface area (Å²) in [5, 5.41) is 8.78. The van der Waals surface area contributed by atoms with E-state index in [0.717, 1.165) is 11.3 Å². The van der Waals surface area contributed by atoms with Gasteiger partial charge in [-0.05, 0) is 34.5 Å². The lowest BCUT2D eigenvalue weighted by molar-refractivity contribution is 0.399. The molecule has 0 unspecified atom stereocenters. The Balaban J connectivity index is 1.93. The Morgan fingerprint density at radius 2 is 1.64 bits per heavy atom. The molecule has 3 nitrogen and oxygen atoms in total. The first kappa shape index (κ1) is 12.8. The van der Waals surface area contributed by atoms with Crippen molar-refractivity contribution in [1.82, 2.24) is 5.16 Å². The van der Waals surface area contributed by atoms with Crippen molar-refractivity contribution in [1.29, 1.82) is 0 Å². The average molecular weight is 286 g/mol. The fourth-order valence-corrected chi connectivity index (χ4v) is 2.74. The van der Waals surface area contributed by atoms with E-state index in [0.29, 0.717) is 5.82 Å². The number of aryl methyl sites for hydroxylation is 1. The highest BCUT2D eigenvalue weighted by atomic mass is 16.5. The van der Waals surface area contributed by atoms with Gasteiger partial charge in [-0.25, -0.2) is 4.99 Å². The van der Waals surface area contributed by atoms with Gasteiger partial charge < -0.3 is 4.52 Å². The Morgan fingerprint density at radius 3 is 2.41 bits per heavy atom. The second-order valence-corrected chi connectivity index (χ2v) is 5.29. The highest BCUT2D eigenvalue weighted by molar-refractivity contribution is 6.14. The number of hydrogen-bond acceptors (Lipinski definition) is 3. The molecule has 3 aromatic carbocycles. The molecular weight excluding hydrogens is 272 g/mol. The van der Waals surface area contributed by atoms with Crippen LogP contribution in [-0.4, -0.2) is 11.4 Å². The third-order valence-electron chi connectivity index (χ3n) is 3.75. The number of nitrogens with zero attached hydrogens (tertiary/aromatic N) is 2. The summed E-state index contributed by atoms with van der Waals surface area (Å²) in [5.74, 6) is 1.35. The molecule has 1 aromatic heterocycles. The van der Waals surface area contributed by atoms with Crippen LogP contribution in [0.2, 0.25) is 0 Å². The van der Waals surface area contributed by atoms with Crippen LogP contribution in [0, 0.1) is 6.92 Å². The summed E-state index contributed by atoms with van der Waals surface area (Å²) >= 11 is 0. The van der Waals surface area contributed by atoms with Crippen LogP contribution in [0.4, 0.5) is 5.82 Å². The van der Waals surface area contributed by atoms with Crippen molar-refractivity contribution < 1.29 is 4.52 Å². The summed E-state index contributed by atoms with van der Waals surface area (Å²) in [6.07, 6.45) is 1.85. The Labute approximate surface area is 127 Å². The smallest absolute Gasteiger partial charge is 0.195 e. The molecule has 0 fully saturated rings. The minimum absolute atomic E-state index is 0.592. The van der Waals surface area contributed by atoms with Crippen LogP contribution in [-0.2, 0) is 0 Å². The zero-order valence-corrected chi connectivity index (χ0v) is 12.2. The Morgan fingerprint density at radius 1 is 0.909 bits per heavy atom. The van der Waals surface area contributed by atoms with Gasteiger partial charge in [-0.2, -0.15) is 0 Å². The maximum atomic E-state index is 5.05. The number of aliphatic imine (C=N–C) groups is 1. The second-order valence-electron chi connectivity index (χ2n) is 5.29. The number of hydrogen-bond donors (Lipinski definition) is 0. The fourth-order valence-electron chi connectivity index (χ4n) is 2.74. The van der Waals surface area contributed by atoms with Crippen LogP contribution in [0.15, 0.2) is 70.2 Å². The lowest BCUT2D eigenvalue weighted by Gasteiger charge is -2.07. The van der Waals surface area contributed by atoms with Crippen molar-refractivity contribution in [3.8, 4) is 0 Å². The molecule has 0 radical (unpaired) electrons. The van der Waals surface area contributed by atoms with E-state index in [4.69, 9.17) is 4.52 Å². The van der Waals surface area contributed by atoms with Gasteiger partial charge in [0.2, 0.25) is 0 Å². The van der Waals surface area contributed by atoms with Crippen LogP contribution in [0.5, 0.6) is 0 Å². The van der Waals surface area contributed by atoms with Crippen molar-refractivity contribution in [2.24, 2.45) is 4.99 Å². The van der Waals surface area contributed by atoms with Gasteiger partial charge in [-0.15, -0.1) is 0 Å². The van der Waals surface area contributed by atoms with Gasteiger partial charge in [-0.3, -0.25) is 0 Å². The molecule has 0 bridgehead atoms. The van der Waals surface area contributed by atoms with Crippen LogP contribution in [0.3, 0.4) is 0 Å². The lowest BCUT2D eigenvalue weighted by atomic mass is 9.98. The van der Waals surface area contributed by atoms with Crippen LogP contribution in [0.25, 0.3) is 21.5 Å². The van der Waals surface area contributed by atoms with Crippen molar-refractivity contribution in [3.63, 3.8) is 0 Å². The summed E-state index contributed by atoms with van der Waals surface area (Å²) in [6.45, 7) is 1.86. The maximum Gasteiger partial charge on any atom is 0.195 e. The third-order valence-corrected chi connectivity index (χ3v) is 3.75. The number of aromatic nitrogens is 1. The minimum Gasteiger partial charge on any atom is -0.359 e. The Bertz CT molecular complexity index is 999. The molecular formula is C19H14N2O. The summed E-state index contributed by atoms with van der Waals surface area (Å²) < 4.78 is 5.05. The van der Waals surface area contributed by atoms with Crippen LogP contribution < -0.4 is 0 Å². The molecule has 0 spiro atoms. The van der Waals surface area contributed by atoms with Crippen molar-refractivity contribution >= 4 is 33.6 Å². The molecule has 0 saturated heterocycles. The molecule has 4 aromatic rings. The predicted molar refractivity (Wildman–Crippen MR) is 89.9 cm³/mol. The predicted octanol–water partition coefficient (Wildman–Crippen LogP) is 5.04. The monoisotopic (exact) mass is 286 g/mol. The molecule has 0 N–H and O–H groups in total. The van der Waals surface area contributed by atoms with E-state index < -0.39 is 0 Å². The highest BCUT2D eigenvalue weighted by Gasteiger charge is 2.05. The summed E-state index contributed by atoms with van der Waals surface area (Å²) in [5.41, 5.74) is 1.08. The lowest BCUT2D eigenvalue weighted by Crippen LogP contribution is -1.86. The van der Waals surface area contributed by atoms with Gasteiger partial charge >= 0.3 is 0 Å². The topological polar surface area (TPSA) is 38.4 Å². The molecule has 0 aliphatic rings. The zero-order valence-electron chi connectivity index (χ0n) is 12.2. The first-order valence-electron chi connectivity index (χ1n) is 7.19. The molecule has 0 aliphatic heterocycles. The van der Waals surface area contributed by atoms with E-state index in [1.165, 1.54) is 21.5 Å². The molecule has 0 amide bonds. The molecule has 0 atom stereocenters. The molecule has 1 heterocycles. The standard InChI is InChI=1S/C19H14N2O/c1-13-10-19(21-22-13)20-12-15-11-14-6-2-3-7-16(14)18-9-5-4-8-17(15)18/h2-12H,1H3. The molecule has 106 valence electrons. The fraction of sp³-hybridized carbons (Fsp3) is 0.0526. The van der Waals surface area contributed by atoms with E-state index in [2.05, 4.69) is 64.7 Å².